The van der Waals surface area contributed by atoms with Crippen LogP contribution in [0.4, 0.5) is 0 Å². The van der Waals surface area contributed by atoms with Gasteiger partial charge in [0.25, 0.3) is 0 Å². The Labute approximate surface area is 143 Å². The minimum atomic E-state index is -0.911. The molecule has 0 spiro atoms. The molecule has 0 bridgehead atoms. The molecule has 1 rings (SSSR count). The van der Waals surface area contributed by atoms with Crippen LogP contribution in [0.5, 0.6) is 5.75 Å². The molecule has 5 nitrogen and oxygen atoms in total. The van der Waals surface area contributed by atoms with E-state index in [2.05, 4.69) is 11.9 Å². The topological polar surface area (TPSA) is 79.4 Å². The molecule has 0 fully saturated rings. The highest BCUT2D eigenvalue weighted by atomic mass is 16.5. The summed E-state index contributed by atoms with van der Waals surface area (Å²) in [5, 5.41) is 8.65. The number of rotatable bonds is 13. The van der Waals surface area contributed by atoms with Crippen LogP contribution in [0.15, 0.2) is 23.0 Å². The van der Waals surface area contributed by atoms with Gasteiger partial charge in [-0.2, -0.15) is 0 Å². The van der Waals surface area contributed by atoms with Gasteiger partial charge in [-0.05, 0) is 18.6 Å². The first-order chi connectivity index (χ1) is 11.6. The van der Waals surface area contributed by atoms with Crippen molar-refractivity contribution in [2.75, 3.05) is 6.61 Å². The molecular weight excluding hydrogens is 306 g/mol. The van der Waals surface area contributed by atoms with Crippen LogP contribution < -0.4 is 10.3 Å². The lowest BCUT2D eigenvalue weighted by Crippen LogP contribution is -2.08. The number of unbranched alkanes of at least 4 members (excludes halogenated alkanes) is 7. The summed E-state index contributed by atoms with van der Waals surface area (Å²) in [6.45, 7) is 2.82. The fourth-order valence-corrected chi connectivity index (χ4v) is 2.42. The minimum absolute atomic E-state index is 0.0889. The minimum Gasteiger partial charge on any atom is -0.491 e. The molecule has 1 aromatic heterocycles. The van der Waals surface area contributed by atoms with E-state index in [0.29, 0.717) is 18.1 Å². The van der Waals surface area contributed by atoms with Crippen molar-refractivity contribution in [3.8, 4) is 5.75 Å². The van der Waals surface area contributed by atoms with Crippen molar-refractivity contribution in [2.45, 2.75) is 64.7 Å². The molecule has 2 N–H and O–H groups in total. The Morgan fingerprint density at radius 2 is 1.79 bits per heavy atom. The summed E-state index contributed by atoms with van der Waals surface area (Å²) in [5.41, 5.74) is 0.285. The van der Waals surface area contributed by atoms with Crippen molar-refractivity contribution in [3.05, 3.63) is 34.3 Å². The molecule has 5 heteroatoms. The molecule has 0 aliphatic carbocycles. The van der Waals surface area contributed by atoms with E-state index < -0.39 is 5.97 Å². The van der Waals surface area contributed by atoms with Crippen molar-refractivity contribution < 1.29 is 14.6 Å². The predicted octanol–water partition coefficient (Wildman–Crippen LogP) is 4.38. The Morgan fingerprint density at radius 1 is 1.12 bits per heavy atom. The molecule has 0 aromatic carbocycles. The third-order valence-electron chi connectivity index (χ3n) is 3.74. The number of carbonyl (C=O) groups is 1. The average Bonchev–Trinajstić information content (AvgIpc) is 2.54. The largest absolute Gasteiger partial charge is 0.491 e. The van der Waals surface area contributed by atoms with Crippen LogP contribution in [0, 0.1) is 0 Å². The number of hydrogen-bond acceptors (Lipinski definition) is 3. The van der Waals surface area contributed by atoms with Gasteiger partial charge >= 0.3 is 5.97 Å². The number of H-pyrrole nitrogens is 1. The van der Waals surface area contributed by atoms with E-state index in [-0.39, 0.29) is 12.0 Å². The Kier molecular flexibility index (Phi) is 10.3. The summed E-state index contributed by atoms with van der Waals surface area (Å²) in [5.74, 6) is -0.329. The van der Waals surface area contributed by atoms with Gasteiger partial charge in [0.1, 0.15) is 5.75 Å². The highest BCUT2D eigenvalue weighted by Gasteiger charge is 2.02. The van der Waals surface area contributed by atoms with Crippen LogP contribution >= 0.6 is 0 Å². The second-order valence-corrected chi connectivity index (χ2v) is 5.92. The molecule has 0 saturated carbocycles. The summed E-state index contributed by atoms with van der Waals surface area (Å²) < 4.78 is 5.73. The third kappa shape index (κ3) is 9.18. The van der Waals surface area contributed by atoms with Crippen molar-refractivity contribution in [2.24, 2.45) is 0 Å². The zero-order valence-electron chi connectivity index (χ0n) is 14.6. The first-order valence-electron chi connectivity index (χ1n) is 8.88. The van der Waals surface area contributed by atoms with Crippen LogP contribution in [0.1, 0.15) is 70.4 Å². The molecule has 0 atom stereocenters. The lowest BCUT2D eigenvalue weighted by Gasteiger charge is -2.09. The van der Waals surface area contributed by atoms with Crippen LogP contribution in [-0.2, 0) is 4.79 Å². The summed E-state index contributed by atoms with van der Waals surface area (Å²) in [7, 11) is 0. The molecule has 134 valence electrons. The number of ether oxygens (including phenoxy) is 1. The maximum Gasteiger partial charge on any atom is 0.307 e. The van der Waals surface area contributed by atoms with Crippen LogP contribution in [0.3, 0.4) is 0 Å². The SMILES string of the molecule is CCCCCCCCCCOc1ccc(=O)[nH]c1/C=C/CC(=O)O. The van der Waals surface area contributed by atoms with Gasteiger partial charge in [-0.25, -0.2) is 0 Å². The van der Waals surface area contributed by atoms with Crippen molar-refractivity contribution in [1.82, 2.24) is 4.98 Å². The van der Waals surface area contributed by atoms with E-state index in [9.17, 15) is 9.59 Å². The zero-order valence-corrected chi connectivity index (χ0v) is 14.6. The molecule has 0 aliphatic rings. The fourth-order valence-electron chi connectivity index (χ4n) is 2.42. The van der Waals surface area contributed by atoms with Gasteiger partial charge < -0.3 is 14.8 Å². The number of aliphatic carboxylic acids is 1. The van der Waals surface area contributed by atoms with Crippen molar-refractivity contribution in [1.29, 1.82) is 0 Å². The standard InChI is InChI=1S/C19H29NO4/c1-2-3-4-5-6-7-8-9-15-24-17-13-14-18(21)20-16(17)11-10-12-19(22)23/h10-11,13-14H,2-9,12,15H2,1H3,(H,20,21)(H,22,23)/b11-10+. The predicted molar refractivity (Wildman–Crippen MR) is 96.5 cm³/mol. The Morgan fingerprint density at radius 3 is 2.46 bits per heavy atom. The first-order valence-corrected chi connectivity index (χ1v) is 8.88. The lowest BCUT2D eigenvalue weighted by molar-refractivity contribution is -0.135. The van der Waals surface area contributed by atoms with E-state index in [1.54, 1.807) is 12.1 Å². The summed E-state index contributed by atoms with van der Waals surface area (Å²) in [6, 6.07) is 3.04. The maximum atomic E-state index is 11.4. The molecule has 1 aromatic rings. The average molecular weight is 335 g/mol. The number of carboxylic acids is 1. The molecule has 1 heterocycles. The number of pyridine rings is 1. The second kappa shape index (κ2) is 12.4. The molecular formula is C19H29NO4. The second-order valence-electron chi connectivity index (χ2n) is 5.92. The zero-order chi connectivity index (χ0) is 17.6. The molecule has 0 saturated heterocycles. The molecule has 0 amide bonds. The van der Waals surface area contributed by atoms with E-state index in [4.69, 9.17) is 9.84 Å². The molecule has 0 unspecified atom stereocenters. The van der Waals surface area contributed by atoms with E-state index in [0.717, 1.165) is 12.8 Å². The highest BCUT2D eigenvalue weighted by Crippen LogP contribution is 2.16. The monoisotopic (exact) mass is 335 g/mol. The number of aromatic nitrogens is 1. The number of hydrogen-bond donors (Lipinski definition) is 2. The van der Waals surface area contributed by atoms with Gasteiger partial charge in [-0.1, -0.05) is 57.9 Å². The van der Waals surface area contributed by atoms with Gasteiger partial charge in [0, 0.05) is 6.07 Å². The number of carboxylic acid groups (broad SMARTS) is 1. The van der Waals surface area contributed by atoms with Crippen molar-refractivity contribution in [3.63, 3.8) is 0 Å². The fraction of sp³-hybridized carbons (Fsp3) is 0.579. The maximum absolute atomic E-state index is 11.4. The first kappa shape index (κ1) is 20.0. The summed E-state index contributed by atoms with van der Waals surface area (Å²) in [4.78, 5) is 24.6. The van der Waals surface area contributed by atoms with Crippen LogP contribution in [0.2, 0.25) is 0 Å². The Balaban J connectivity index is 2.32. The van der Waals surface area contributed by atoms with Crippen molar-refractivity contribution >= 4 is 12.0 Å². The Bertz CT molecular complexity index is 563. The van der Waals surface area contributed by atoms with Gasteiger partial charge in [-0.3, -0.25) is 9.59 Å². The quantitative estimate of drug-likeness (QED) is 0.524. The van der Waals surface area contributed by atoms with E-state index in [1.165, 1.54) is 50.7 Å². The molecule has 0 aliphatic heterocycles. The smallest absolute Gasteiger partial charge is 0.307 e. The van der Waals surface area contributed by atoms with Crippen LogP contribution in [0.25, 0.3) is 6.08 Å². The summed E-state index contributed by atoms with van der Waals surface area (Å²) >= 11 is 0. The lowest BCUT2D eigenvalue weighted by atomic mass is 10.1. The normalized spacial score (nSPS) is 11.0. The molecule has 0 radical (unpaired) electrons. The van der Waals surface area contributed by atoms with Crippen LogP contribution in [-0.4, -0.2) is 22.7 Å². The van der Waals surface area contributed by atoms with Gasteiger partial charge in [-0.15, -0.1) is 0 Å². The number of aromatic amines is 1. The van der Waals surface area contributed by atoms with Gasteiger partial charge in [0.05, 0.1) is 18.7 Å². The van der Waals surface area contributed by atoms with Gasteiger partial charge in [0.15, 0.2) is 0 Å². The van der Waals surface area contributed by atoms with Gasteiger partial charge in [0.2, 0.25) is 5.56 Å². The van der Waals surface area contributed by atoms with E-state index in [1.807, 2.05) is 0 Å². The number of nitrogens with one attached hydrogen (secondary N) is 1. The highest BCUT2D eigenvalue weighted by molar-refractivity contribution is 5.70. The summed E-state index contributed by atoms with van der Waals surface area (Å²) in [6.07, 6.45) is 12.9. The van der Waals surface area contributed by atoms with E-state index >= 15 is 0 Å². The third-order valence-corrected chi connectivity index (χ3v) is 3.74. The Hall–Kier alpha value is -2.04. The molecule has 24 heavy (non-hydrogen) atoms.